The van der Waals surface area contributed by atoms with Gasteiger partial charge in [-0.25, -0.2) is 14.8 Å². The standard InChI is InChI=1S/C22H26F3N7O4/c1-13-3-6-26-16(11-13)27-19-18-17(14(2)30-32(18)9-10-35-12-22(23,24)25)28-20(29-19)31-7-4-15(5-8-31)36-21(33)34/h3,6,11,15H,4-5,7-10,12H2,1-2H3,(H,33,34)(H,26,27,28,29). The third-order valence-electron chi connectivity index (χ3n) is 5.61. The van der Waals surface area contributed by atoms with Gasteiger partial charge in [0, 0.05) is 32.1 Å². The van der Waals surface area contributed by atoms with Crippen LogP contribution in [0, 0.1) is 13.8 Å². The van der Waals surface area contributed by atoms with Gasteiger partial charge in [0.05, 0.1) is 18.8 Å². The molecule has 0 atom stereocenters. The second-order valence-electron chi connectivity index (χ2n) is 8.46. The van der Waals surface area contributed by atoms with Crippen molar-refractivity contribution in [2.75, 3.05) is 36.5 Å². The van der Waals surface area contributed by atoms with E-state index in [2.05, 4.69) is 20.4 Å². The highest BCUT2D eigenvalue weighted by atomic mass is 19.4. The Morgan fingerprint density at radius 2 is 2.00 bits per heavy atom. The van der Waals surface area contributed by atoms with E-state index >= 15 is 0 Å². The average Bonchev–Trinajstić information content (AvgIpc) is 3.12. The molecule has 0 unspecified atom stereocenters. The highest BCUT2D eigenvalue weighted by Gasteiger charge is 2.28. The van der Waals surface area contributed by atoms with Crippen LogP contribution < -0.4 is 10.2 Å². The van der Waals surface area contributed by atoms with Crippen molar-refractivity contribution in [1.29, 1.82) is 0 Å². The van der Waals surface area contributed by atoms with E-state index in [1.54, 1.807) is 13.1 Å². The average molecular weight is 509 g/mol. The fourth-order valence-electron chi connectivity index (χ4n) is 3.99. The number of hydrogen-bond donors (Lipinski definition) is 2. The molecule has 14 heteroatoms. The van der Waals surface area contributed by atoms with Crippen molar-refractivity contribution in [1.82, 2.24) is 24.7 Å². The van der Waals surface area contributed by atoms with Gasteiger partial charge in [0.25, 0.3) is 0 Å². The highest BCUT2D eigenvalue weighted by Crippen LogP contribution is 2.29. The van der Waals surface area contributed by atoms with Gasteiger partial charge in [0.15, 0.2) is 5.82 Å². The van der Waals surface area contributed by atoms with Gasteiger partial charge in [-0.05, 0) is 31.5 Å². The molecule has 4 heterocycles. The van der Waals surface area contributed by atoms with E-state index in [0.29, 0.717) is 60.2 Å². The number of anilines is 3. The molecule has 36 heavy (non-hydrogen) atoms. The molecule has 3 aromatic heterocycles. The number of aryl methyl sites for hydroxylation is 2. The summed E-state index contributed by atoms with van der Waals surface area (Å²) in [4.78, 5) is 26.5. The third kappa shape index (κ3) is 6.30. The van der Waals surface area contributed by atoms with Crippen LogP contribution >= 0.6 is 0 Å². The molecule has 4 rings (SSSR count). The van der Waals surface area contributed by atoms with Crippen LogP contribution in [0.4, 0.5) is 35.5 Å². The summed E-state index contributed by atoms with van der Waals surface area (Å²) in [6, 6.07) is 3.68. The fourth-order valence-corrected chi connectivity index (χ4v) is 3.99. The molecule has 194 valence electrons. The number of carbonyl (C=O) groups is 1. The molecule has 1 saturated heterocycles. The van der Waals surface area contributed by atoms with E-state index in [-0.39, 0.29) is 13.2 Å². The third-order valence-corrected chi connectivity index (χ3v) is 5.61. The first-order valence-electron chi connectivity index (χ1n) is 11.3. The summed E-state index contributed by atoms with van der Waals surface area (Å²) in [6.45, 7) is 3.19. The molecule has 0 amide bonds. The minimum Gasteiger partial charge on any atom is -0.450 e. The van der Waals surface area contributed by atoms with Crippen molar-refractivity contribution in [3.05, 3.63) is 29.6 Å². The van der Waals surface area contributed by atoms with E-state index in [1.165, 1.54) is 4.68 Å². The monoisotopic (exact) mass is 509 g/mol. The van der Waals surface area contributed by atoms with Crippen LogP contribution in [0.25, 0.3) is 11.0 Å². The van der Waals surface area contributed by atoms with Crippen molar-refractivity contribution in [2.24, 2.45) is 0 Å². The molecule has 0 saturated carbocycles. The number of carboxylic acid groups (broad SMARTS) is 1. The second-order valence-corrected chi connectivity index (χ2v) is 8.46. The van der Waals surface area contributed by atoms with Crippen LogP contribution in [0.3, 0.4) is 0 Å². The Morgan fingerprint density at radius 3 is 2.67 bits per heavy atom. The van der Waals surface area contributed by atoms with E-state index in [9.17, 15) is 18.0 Å². The van der Waals surface area contributed by atoms with Gasteiger partial charge in [-0.2, -0.15) is 23.3 Å². The predicted octanol–water partition coefficient (Wildman–Crippen LogP) is 3.82. The number of pyridine rings is 1. The van der Waals surface area contributed by atoms with Crippen LogP contribution in [-0.2, 0) is 16.0 Å². The first-order valence-corrected chi connectivity index (χ1v) is 11.3. The van der Waals surface area contributed by atoms with Crippen molar-refractivity contribution >= 4 is 34.8 Å². The normalized spacial score (nSPS) is 14.9. The van der Waals surface area contributed by atoms with Crippen LogP contribution in [0.15, 0.2) is 18.3 Å². The Balaban J connectivity index is 1.64. The number of nitrogens with zero attached hydrogens (tertiary/aromatic N) is 6. The largest absolute Gasteiger partial charge is 0.506 e. The Bertz CT molecular complexity index is 1230. The Labute approximate surface area is 204 Å². The molecule has 0 aliphatic carbocycles. The number of ether oxygens (including phenoxy) is 2. The summed E-state index contributed by atoms with van der Waals surface area (Å²) in [5.41, 5.74) is 2.60. The Kier molecular flexibility index (Phi) is 7.43. The molecular formula is C22H26F3N7O4. The minimum absolute atomic E-state index is 0.0664. The number of rotatable bonds is 8. The zero-order chi connectivity index (χ0) is 25.9. The number of aromatic nitrogens is 5. The van der Waals surface area contributed by atoms with Crippen molar-refractivity contribution in [3.63, 3.8) is 0 Å². The topological polar surface area (TPSA) is 128 Å². The lowest BCUT2D eigenvalue weighted by Gasteiger charge is -2.31. The van der Waals surface area contributed by atoms with Crippen molar-refractivity contribution < 1.29 is 32.5 Å². The molecule has 0 aromatic carbocycles. The molecule has 0 radical (unpaired) electrons. The van der Waals surface area contributed by atoms with Gasteiger partial charge < -0.3 is 24.8 Å². The maximum atomic E-state index is 12.5. The second kappa shape index (κ2) is 10.5. The molecule has 0 spiro atoms. The number of piperidine rings is 1. The van der Waals surface area contributed by atoms with Crippen LogP contribution in [-0.4, -0.2) is 74.6 Å². The smallest absolute Gasteiger partial charge is 0.450 e. The fraction of sp³-hybridized carbons (Fsp3) is 0.500. The number of hydrogen-bond acceptors (Lipinski definition) is 9. The predicted molar refractivity (Wildman–Crippen MR) is 124 cm³/mol. The van der Waals surface area contributed by atoms with Gasteiger partial charge in [-0.1, -0.05) is 0 Å². The van der Waals surface area contributed by atoms with Gasteiger partial charge >= 0.3 is 12.3 Å². The van der Waals surface area contributed by atoms with Crippen LogP contribution in [0.5, 0.6) is 0 Å². The van der Waals surface area contributed by atoms with Gasteiger partial charge in [0.1, 0.15) is 29.6 Å². The summed E-state index contributed by atoms with van der Waals surface area (Å²) < 4.78 is 48.6. The minimum atomic E-state index is -4.41. The van der Waals surface area contributed by atoms with Gasteiger partial charge in [-0.3, -0.25) is 4.68 Å². The van der Waals surface area contributed by atoms with Gasteiger partial charge in [-0.15, -0.1) is 0 Å². The van der Waals surface area contributed by atoms with Crippen LogP contribution in [0.2, 0.25) is 0 Å². The van der Waals surface area contributed by atoms with Crippen molar-refractivity contribution in [3.8, 4) is 0 Å². The Morgan fingerprint density at radius 1 is 1.25 bits per heavy atom. The lowest BCUT2D eigenvalue weighted by molar-refractivity contribution is -0.174. The molecule has 3 aromatic rings. The number of alkyl halides is 3. The summed E-state index contributed by atoms with van der Waals surface area (Å²) in [5.74, 6) is 1.35. The quantitative estimate of drug-likeness (QED) is 0.342. The first kappa shape index (κ1) is 25.4. The SMILES string of the molecule is Cc1ccnc(Nc2nc(N3CCC(OC(=O)O)CC3)nc3c(C)nn(CCOCC(F)(F)F)c23)c1. The molecule has 11 nitrogen and oxygen atoms in total. The summed E-state index contributed by atoms with van der Waals surface area (Å²) >= 11 is 0. The summed E-state index contributed by atoms with van der Waals surface area (Å²) in [7, 11) is 0. The number of nitrogens with one attached hydrogen (secondary N) is 1. The maximum absolute atomic E-state index is 12.5. The lowest BCUT2D eigenvalue weighted by atomic mass is 10.1. The molecule has 2 N–H and O–H groups in total. The molecule has 1 fully saturated rings. The number of fused-ring (bicyclic) bond motifs is 1. The molecule has 1 aliphatic rings. The maximum Gasteiger partial charge on any atom is 0.506 e. The van der Waals surface area contributed by atoms with E-state index in [0.717, 1.165) is 5.56 Å². The van der Waals surface area contributed by atoms with E-state index < -0.39 is 25.0 Å². The van der Waals surface area contributed by atoms with E-state index in [1.807, 2.05) is 24.0 Å². The summed E-state index contributed by atoms with van der Waals surface area (Å²) in [5, 5.41) is 16.5. The zero-order valence-electron chi connectivity index (χ0n) is 19.7. The van der Waals surface area contributed by atoms with E-state index in [4.69, 9.17) is 19.6 Å². The number of halogens is 3. The molecule has 0 bridgehead atoms. The van der Waals surface area contributed by atoms with Gasteiger partial charge in [0.2, 0.25) is 5.95 Å². The molecule has 1 aliphatic heterocycles. The highest BCUT2D eigenvalue weighted by molar-refractivity contribution is 5.90. The first-order chi connectivity index (χ1) is 17.1. The summed E-state index contributed by atoms with van der Waals surface area (Å²) in [6.07, 6.45) is -3.47. The van der Waals surface area contributed by atoms with Crippen molar-refractivity contribution in [2.45, 2.75) is 45.5 Å². The van der Waals surface area contributed by atoms with Crippen LogP contribution in [0.1, 0.15) is 24.1 Å². The zero-order valence-corrected chi connectivity index (χ0v) is 19.7. The lowest BCUT2D eigenvalue weighted by Crippen LogP contribution is -2.38. The Hall–Kier alpha value is -3.68. The molecular weight excluding hydrogens is 483 g/mol.